The molecule has 0 aliphatic rings. The molecule has 68 valence electrons. The Hall–Kier alpha value is -1.14. The van der Waals surface area contributed by atoms with Gasteiger partial charge in [0.15, 0.2) is 0 Å². The van der Waals surface area contributed by atoms with E-state index < -0.39 is 12.3 Å². The second-order valence-electron chi connectivity index (χ2n) is 2.55. The highest BCUT2D eigenvalue weighted by Gasteiger charge is 2.30. The highest BCUT2D eigenvalue weighted by atomic mass is 35.5. The smallest absolute Gasteiger partial charge is 0.200 e. The lowest BCUT2D eigenvalue weighted by atomic mass is 10.1. The predicted octanol–water partition coefficient (Wildman–Crippen LogP) is 3.35. The SMILES string of the molecule is N#CCC(F)(F)c1ccc(Cl)cc1. The summed E-state index contributed by atoms with van der Waals surface area (Å²) in [4.78, 5) is 0. The fourth-order valence-corrected chi connectivity index (χ4v) is 1.02. The maximum absolute atomic E-state index is 13.0. The Bertz CT molecular complexity index is 326. The van der Waals surface area contributed by atoms with Crippen LogP contribution in [0.2, 0.25) is 5.02 Å². The molecule has 0 aromatic heterocycles. The lowest BCUT2D eigenvalue weighted by Gasteiger charge is -2.12. The molecule has 0 amide bonds. The van der Waals surface area contributed by atoms with Crippen molar-refractivity contribution >= 4 is 11.6 Å². The van der Waals surface area contributed by atoms with Crippen molar-refractivity contribution in [3.8, 4) is 6.07 Å². The van der Waals surface area contributed by atoms with E-state index in [0.29, 0.717) is 5.02 Å². The van der Waals surface area contributed by atoms with Crippen molar-refractivity contribution in [2.45, 2.75) is 12.3 Å². The quantitative estimate of drug-likeness (QED) is 0.720. The Morgan fingerprint density at radius 3 is 2.31 bits per heavy atom. The van der Waals surface area contributed by atoms with Gasteiger partial charge >= 0.3 is 0 Å². The van der Waals surface area contributed by atoms with E-state index in [4.69, 9.17) is 16.9 Å². The molecule has 13 heavy (non-hydrogen) atoms. The second-order valence-corrected chi connectivity index (χ2v) is 2.98. The van der Waals surface area contributed by atoms with Crippen molar-refractivity contribution in [3.05, 3.63) is 34.9 Å². The molecule has 0 heterocycles. The van der Waals surface area contributed by atoms with Crippen molar-refractivity contribution in [3.63, 3.8) is 0 Å². The van der Waals surface area contributed by atoms with Crippen molar-refractivity contribution in [1.82, 2.24) is 0 Å². The Kier molecular flexibility index (Phi) is 2.84. The molecular weight excluding hydrogens is 196 g/mol. The molecule has 0 bridgehead atoms. The summed E-state index contributed by atoms with van der Waals surface area (Å²) in [6, 6.07) is 6.64. The van der Waals surface area contributed by atoms with Gasteiger partial charge in [-0.2, -0.15) is 5.26 Å². The first-order valence-electron chi connectivity index (χ1n) is 3.57. The lowest BCUT2D eigenvalue weighted by Crippen LogP contribution is -2.11. The highest BCUT2D eigenvalue weighted by Crippen LogP contribution is 2.31. The Morgan fingerprint density at radius 1 is 1.31 bits per heavy atom. The molecule has 1 aromatic carbocycles. The van der Waals surface area contributed by atoms with Gasteiger partial charge in [-0.25, -0.2) is 8.78 Å². The van der Waals surface area contributed by atoms with E-state index in [2.05, 4.69) is 0 Å². The average Bonchev–Trinajstić information content (AvgIpc) is 2.05. The first-order valence-corrected chi connectivity index (χ1v) is 3.95. The Labute approximate surface area is 79.6 Å². The number of halogens is 3. The summed E-state index contributed by atoms with van der Waals surface area (Å²) in [5, 5.41) is 8.56. The zero-order valence-corrected chi connectivity index (χ0v) is 7.35. The van der Waals surface area contributed by atoms with Crippen LogP contribution in [0.5, 0.6) is 0 Å². The van der Waals surface area contributed by atoms with Crippen LogP contribution in [0.1, 0.15) is 12.0 Å². The van der Waals surface area contributed by atoms with Crippen molar-refractivity contribution in [2.24, 2.45) is 0 Å². The van der Waals surface area contributed by atoms with Crippen LogP contribution < -0.4 is 0 Å². The van der Waals surface area contributed by atoms with Crippen molar-refractivity contribution in [2.75, 3.05) is 0 Å². The molecule has 1 nitrogen and oxygen atoms in total. The average molecular weight is 202 g/mol. The van der Waals surface area contributed by atoms with Crippen LogP contribution in [0, 0.1) is 11.3 Å². The topological polar surface area (TPSA) is 23.8 Å². The number of nitrogens with zero attached hydrogens (tertiary/aromatic N) is 1. The van der Waals surface area contributed by atoms with E-state index in [-0.39, 0.29) is 5.56 Å². The molecule has 0 saturated heterocycles. The van der Waals surface area contributed by atoms with Gasteiger partial charge in [-0.3, -0.25) is 0 Å². The van der Waals surface area contributed by atoms with E-state index in [1.165, 1.54) is 30.3 Å². The van der Waals surface area contributed by atoms with Crippen LogP contribution in [-0.2, 0) is 5.92 Å². The first-order chi connectivity index (χ1) is 6.06. The van der Waals surface area contributed by atoms with Crippen LogP contribution in [0.3, 0.4) is 0 Å². The van der Waals surface area contributed by atoms with Gasteiger partial charge in [0.05, 0.1) is 6.07 Å². The van der Waals surface area contributed by atoms with Gasteiger partial charge in [-0.1, -0.05) is 23.7 Å². The molecule has 0 N–H and O–H groups in total. The molecule has 0 saturated carbocycles. The number of alkyl halides is 2. The lowest BCUT2D eigenvalue weighted by molar-refractivity contribution is 0.000955. The Balaban J connectivity index is 2.95. The minimum absolute atomic E-state index is 0.182. The summed E-state index contributed by atoms with van der Waals surface area (Å²) in [7, 11) is 0. The number of hydrogen-bond donors (Lipinski definition) is 0. The van der Waals surface area contributed by atoms with Gasteiger partial charge in [0.1, 0.15) is 6.42 Å². The molecule has 0 fully saturated rings. The van der Waals surface area contributed by atoms with Crippen LogP contribution in [0.4, 0.5) is 8.78 Å². The maximum atomic E-state index is 13.0. The summed E-state index contributed by atoms with van der Waals surface area (Å²) in [6.07, 6.45) is -0.811. The van der Waals surface area contributed by atoms with Crippen LogP contribution >= 0.6 is 11.6 Å². The van der Waals surface area contributed by atoms with Gasteiger partial charge in [0.2, 0.25) is 0 Å². The third-order valence-electron chi connectivity index (χ3n) is 1.57. The van der Waals surface area contributed by atoms with Gasteiger partial charge in [-0.05, 0) is 12.1 Å². The van der Waals surface area contributed by atoms with Gasteiger partial charge < -0.3 is 0 Å². The molecule has 0 radical (unpaired) electrons. The van der Waals surface area contributed by atoms with Gasteiger partial charge in [0, 0.05) is 10.6 Å². The predicted molar refractivity (Wildman–Crippen MR) is 45.6 cm³/mol. The summed E-state index contributed by atoms with van der Waals surface area (Å²) < 4.78 is 26.0. The van der Waals surface area contributed by atoms with Crippen molar-refractivity contribution in [1.29, 1.82) is 5.26 Å². The van der Waals surface area contributed by atoms with E-state index in [1.54, 1.807) is 0 Å². The minimum Gasteiger partial charge on any atom is -0.200 e. The largest absolute Gasteiger partial charge is 0.286 e. The molecule has 1 rings (SSSR count). The standard InChI is InChI=1S/C9H6ClF2N/c10-8-3-1-7(2-4-8)9(11,12)5-6-13/h1-4H,5H2. The van der Waals surface area contributed by atoms with E-state index in [0.717, 1.165) is 0 Å². The van der Waals surface area contributed by atoms with Crippen LogP contribution in [0.15, 0.2) is 24.3 Å². The zero-order chi connectivity index (χ0) is 9.90. The third kappa shape index (κ3) is 2.40. The summed E-state index contributed by atoms with van der Waals surface area (Å²) in [6.45, 7) is 0. The monoisotopic (exact) mass is 201 g/mol. The van der Waals surface area contributed by atoms with Crippen molar-refractivity contribution < 1.29 is 8.78 Å². The molecule has 0 aliphatic carbocycles. The fraction of sp³-hybridized carbons (Fsp3) is 0.222. The van der Waals surface area contributed by atoms with Gasteiger partial charge in [-0.15, -0.1) is 0 Å². The van der Waals surface area contributed by atoms with E-state index >= 15 is 0 Å². The van der Waals surface area contributed by atoms with Crippen LogP contribution in [-0.4, -0.2) is 0 Å². The second kappa shape index (κ2) is 3.71. The van der Waals surface area contributed by atoms with Gasteiger partial charge in [0.25, 0.3) is 5.92 Å². The third-order valence-corrected chi connectivity index (χ3v) is 1.82. The van der Waals surface area contributed by atoms with E-state index in [9.17, 15) is 8.78 Å². The molecule has 0 spiro atoms. The minimum atomic E-state index is -3.08. The molecule has 4 heteroatoms. The molecule has 0 aliphatic heterocycles. The normalized spacial score (nSPS) is 10.9. The number of benzene rings is 1. The highest BCUT2D eigenvalue weighted by molar-refractivity contribution is 6.30. The molecular formula is C9H6ClF2N. The maximum Gasteiger partial charge on any atom is 0.286 e. The molecule has 0 atom stereocenters. The zero-order valence-electron chi connectivity index (χ0n) is 6.60. The number of nitriles is 1. The summed E-state index contributed by atoms with van der Waals surface area (Å²) in [5.41, 5.74) is -0.182. The number of rotatable bonds is 2. The van der Waals surface area contributed by atoms with E-state index in [1.807, 2.05) is 0 Å². The summed E-state index contributed by atoms with van der Waals surface area (Å²) in [5.74, 6) is -3.08. The summed E-state index contributed by atoms with van der Waals surface area (Å²) >= 11 is 5.53. The number of hydrogen-bond acceptors (Lipinski definition) is 1. The first kappa shape index (κ1) is 9.94. The Morgan fingerprint density at radius 2 is 1.85 bits per heavy atom. The fourth-order valence-electron chi connectivity index (χ4n) is 0.895. The molecule has 0 unspecified atom stereocenters. The van der Waals surface area contributed by atoms with Crippen LogP contribution in [0.25, 0.3) is 0 Å². The molecule has 1 aromatic rings.